The van der Waals surface area contributed by atoms with Crippen LogP contribution in [0.25, 0.3) is 5.76 Å². The molecule has 4 rings (SSSR count). The Morgan fingerprint density at radius 3 is 2.36 bits per heavy atom. The molecule has 8 nitrogen and oxygen atoms in total. The summed E-state index contributed by atoms with van der Waals surface area (Å²) in [6, 6.07) is 15.7. The van der Waals surface area contributed by atoms with E-state index in [1.165, 1.54) is 35.2 Å². The Morgan fingerprint density at radius 1 is 1.00 bits per heavy atom. The number of nitrogens with zero attached hydrogens (tertiary/aromatic N) is 2. The van der Waals surface area contributed by atoms with Crippen LogP contribution in [0.5, 0.6) is 5.75 Å². The molecule has 1 aliphatic rings. The van der Waals surface area contributed by atoms with E-state index < -0.39 is 28.4 Å². The number of rotatable bonds is 4. The van der Waals surface area contributed by atoms with Gasteiger partial charge in [0.15, 0.2) is 0 Å². The van der Waals surface area contributed by atoms with Crippen LogP contribution in [0.4, 0.5) is 11.4 Å². The van der Waals surface area contributed by atoms with Gasteiger partial charge in [0.05, 0.1) is 16.5 Å². The normalized spacial score (nSPS) is 17.4. The third-order valence-corrected chi connectivity index (χ3v) is 5.61. The molecule has 0 aromatic heterocycles. The van der Waals surface area contributed by atoms with E-state index in [9.17, 15) is 29.9 Å². The number of benzene rings is 3. The Morgan fingerprint density at radius 2 is 1.70 bits per heavy atom. The fraction of sp³-hybridized carbons (Fsp3) is 0.120. The molecule has 1 amide bonds. The molecule has 166 valence electrons. The second-order valence-electron chi connectivity index (χ2n) is 7.86. The van der Waals surface area contributed by atoms with Crippen molar-refractivity contribution >= 4 is 28.8 Å². The zero-order chi connectivity index (χ0) is 23.9. The van der Waals surface area contributed by atoms with Crippen LogP contribution >= 0.6 is 0 Å². The number of phenolic OH excluding ortho intramolecular Hbond substituents is 1. The number of nitro benzene ring substituents is 1. The molecule has 0 bridgehead atoms. The molecule has 0 saturated carbocycles. The van der Waals surface area contributed by atoms with E-state index in [1.807, 2.05) is 26.0 Å². The molecule has 1 aliphatic heterocycles. The summed E-state index contributed by atoms with van der Waals surface area (Å²) in [6.07, 6.45) is 0. The monoisotopic (exact) mass is 444 g/mol. The number of carbonyl (C=O) groups excluding carboxylic acids is 2. The average Bonchev–Trinajstić information content (AvgIpc) is 3.06. The standard InChI is InChI=1S/C25H20N2O6/c1-14-6-7-15(2)20(12-14)26-22(16-8-10-19(28)11-9-16)21(24(30)25(26)31)23(29)17-4-3-5-18(13-17)27(32)33/h3-13,22,28-29H,1-2H3/b23-21-. The van der Waals surface area contributed by atoms with Gasteiger partial charge in [0.25, 0.3) is 17.4 Å². The maximum absolute atomic E-state index is 13.2. The van der Waals surface area contributed by atoms with Gasteiger partial charge in [0, 0.05) is 23.4 Å². The van der Waals surface area contributed by atoms with Gasteiger partial charge < -0.3 is 10.2 Å². The summed E-state index contributed by atoms with van der Waals surface area (Å²) < 4.78 is 0. The summed E-state index contributed by atoms with van der Waals surface area (Å²) >= 11 is 0. The second-order valence-corrected chi connectivity index (χ2v) is 7.86. The van der Waals surface area contributed by atoms with E-state index in [4.69, 9.17) is 0 Å². The first-order valence-electron chi connectivity index (χ1n) is 10.1. The molecular weight excluding hydrogens is 424 g/mol. The van der Waals surface area contributed by atoms with Crippen LogP contribution in [-0.4, -0.2) is 26.8 Å². The first-order valence-corrected chi connectivity index (χ1v) is 10.1. The predicted molar refractivity (Wildman–Crippen MR) is 122 cm³/mol. The van der Waals surface area contributed by atoms with Gasteiger partial charge in [-0.15, -0.1) is 0 Å². The van der Waals surface area contributed by atoms with Gasteiger partial charge in [-0.05, 0) is 48.7 Å². The first kappa shape index (κ1) is 21.8. The summed E-state index contributed by atoms with van der Waals surface area (Å²) in [5, 5.41) is 32.0. The van der Waals surface area contributed by atoms with Crippen molar-refractivity contribution in [2.24, 2.45) is 0 Å². The highest BCUT2D eigenvalue weighted by Crippen LogP contribution is 2.43. The first-order chi connectivity index (χ1) is 15.7. The smallest absolute Gasteiger partial charge is 0.300 e. The molecule has 1 unspecified atom stereocenters. The van der Waals surface area contributed by atoms with Gasteiger partial charge in [-0.25, -0.2) is 0 Å². The molecule has 3 aromatic carbocycles. The van der Waals surface area contributed by atoms with Crippen LogP contribution in [0.3, 0.4) is 0 Å². The van der Waals surface area contributed by atoms with Gasteiger partial charge >= 0.3 is 0 Å². The SMILES string of the molecule is Cc1ccc(C)c(N2C(=O)C(=O)/C(=C(\O)c3cccc([N+](=O)[O-])c3)C2c2ccc(O)cc2)c1. The number of amides is 1. The lowest BCUT2D eigenvalue weighted by atomic mass is 9.94. The number of aliphatic hydroxyl groups is 1. The van der Waals surface area contributed by atoms with Crippen molar-refractivity contribution in [3.63, 3.8) is 0 Å². The molecule has 0 spiro atoms. The minimum absolute atomic E-state index is 0.00104. The molecule has 8 heteroatoms. The van der Waals surface area contributed by atoms with Crippen LogP contribution < -0.4 is 4.90 Å². The van der Waals surface area contributed by atoms with Crippen molar-refractivity contribution in [3.8, 4) is 5.75 Å². The number of aryl methyl sites for hydroxylation is 2. The predicted octanol–water partition coefficient (Wildman–Crippen LogP) is 4.54. The molecule has 1 atom stereocenters. The molecule has 2 N–H and O–H groups in total. The van der Waals surface area contributed by atoms with Crippen molar-refractivity contribution in [2.75, 3.05) is 4.90 Å². The Balaban J connectivity index is 1.98. The molecule has 1 heterocycles. The van der Waals surface area contributed by atoms with E-state index in [0.29, 0.717) is 11.3 Å². The number of non-ortho nitro benzene ring substituents is 1. The summed E-state index contributed by atoms with van der Waals surface area (Å²) in [5.74, 6) is -2.24. The number of Topliss-reactive ketones (excluding diaryl/α,β-unsaturated/α-hetero) is 1. The zero-order valence-corrected chi connectivity index (χ0v) is 17.9. The van der Waals surface area contributed by atoms with Crippen molar-refractivity contribution in [1.29, 1.82) is 0 Å². The van der Waals surface area contributed by atoms with Crippen LogP contribution in [0.15, 0.2) is 72.3 Å². The van der Waals surface area contributed by atoms with Crippen LogP contribution in [-0.2, 0) is 9.59 Å². The van der Waals surface area contributed by atoms with E-state index in [2.05, 4.69) is 0 Å². The Kier molecular flexibility index (Phi) is 5.43. The van der Waals surface area contributed by atoms with Gasteiger partial charge in [0.1, 0.15) is 11.5 Å². The number of ketones is 1. The summed E-state index contributed by atoms with van der Waals surface area (Å²) in [4.78, 5) is 38.3. The molecule has 1 saturated heterocycles. The van der Waals surface area contributed by atoms with Crippen LogP contribution in [0.2, 0.25) is 0 Å². The molecule has 0 aliphatic carbocycles. The highest BCUT2D eigenvalue weighted by atomic mass is 16.6. The number of anilines is 1. The highest BCUT2D eigenvalue weighted by Gasteiger charge is 2.47. The Labute approximate surface area is 189 Å². The number of phenols is 1. The van der Waals surface area contributed by atoms with Gasteiger partial charge in [0.2, 0.25) is 0 Å². The summed E-state index contributed by atoms with van der Waals surface area (Å²) in [6.45, 7) is 3.67. The lowest BCUT2D eigenvalue weighted by molar-refractivity contribution is -0.384. The number of aromatic hydroxyl groups is 1. The Hall–Kier alpha value is -4.46. The maximum atomic E-state index is 13.2. The largest absolute Gasteiger partial charge is 0.508 e. The van der Waals surface area contributed by atoms with Gasteiger partial charge in [-0.2, -0.15) is 0 Å². The number of aliphatic hydroxyl groups excluding tert-OH is 1. The summed E-state index contributed by atoms with van der Waals surface area (Å²) in [7, 11) is 0. The summed E-state index contributed by atoms with van der Waals surface area (Å²) in [5.41, 5.74) is 2.22. The van der Waals surface area contributed by atoms with Crippen molar-refractivity contribution in [2.45, 2.75) is 19.9 Å². The zero-order valence-electron chi connectivity index (χ0n) is 17.9. The van der Waals surface area contributed by atoms with Gasteiger partial charge in [-0.1, -0.05) is 36.4 Å². The van der Waals surface area contributed by atoms with E-state index in [1.54, 1.807) is 18.2 Å². The molecule has 1 fully saturated rings. The second kappa shape index (κ2) is 8.23. The minimum Gasteiger partial charge on any atom is -0.508 e. The van der Waals surface area contributed by atoms with E-state index in [-0.39, 0.29) is 22.6 Å². The number of hydrogen-bond donors (Lipinski definition) is 2. The highest BCUT2D eigenvalue weighted by molar-refractivity contribution is 6.51. The molecule has 0 radical (unpaired) electrons. The lowest BCUT2D eigenvalue weighted by Gasteiger charge is -2.27. The molecule has 3 aromatic rings. The number of nitro groups is 1. The van der Waals surface area contributed by atoms with Crippen molar-refractivity contribution in [3.05, 3.63) is 105 Å². The van der Waals surface area contributed by atoms with Gasteiger partial charge in [-0.3, -0.25) is 24.6 Å². The van der Waals surface area contributed by atoms with Crippen molar-refractivity contribution in [1.82, 2.24) is 0 Å². The number of hydrogen-bond acceptors (Lipinski definition) is 6. The van der Waals surface area contributed by atoms with E-state index >= 15 is 0 Å². The fourth-order valence-electron chi connectivity index (χ4n) is 3.95. The lowest BCUT2D eigenvalue weighted by Crippen LogP contribution is -2.30. The fourth-order valence-corrected chi connectivity index (χ4v) is 3.95. The third kappa shape index (κ3) is 3.82. The van der Waals surface area contributed by atoms with E-state index in [0.717, 1.165) is 17.2 Å². The number of carbonyl (C=O) groups is 2. The molecular formula is C25H20N2O6. The quantitative estimate of drug-likeness (QED) is 0.200. The minimum atomic E-state index is -0.995. The van der Waals surface area contributed by atoms with Crippen molar-refractivity contribution < 1.29 is 24.7 Å². The van der Waals surface area contributed by atoms with Crippen LogP contribution in [0.1, 0.15) is 28.3 Å². The maximum Gasteiger partial charge on any atom is 0.300 e. The van der Waals surface area contributed by atoms with Crippen LogP contribution in [0, 0.1) is 24.0 Å². The third-order valence-electron chi connectivity index (χ3n) is 5.61. The molecule has 33 heavy (non-hydrogen) atoms. The Bertz CT molecular complexity index is 1330. The average molecular weight is 444 g/mol. The topological polar surface area (TPSA) is 121 Å².